The molecule has 1 saturated heterocycles. The number of aliphatic hydroxyl groups excluding tert-OH is 1. The molecule has 9 heteroatoms. The zero-order chi connectivity index (χ0) is 23.7. The van der Waals surface area contributed by atoms with Gasteiger partial charge in [-0.1, -0.05) is 0 Å². The van der Waals surface area contributed by atoms with Gasteiger partial charge in [0.1, 0.15) is 11.2 Å². The van der Waals surface area contributed by atoms with Crippen molar-refractivity contribution in [3.8, 4) is 6.07 Å². The van der Waals surface area contributed by atoms with Gasteiger partial charge in [0.15, 0.2) is 0 Å². The van der Waals surface area contributed by atoms with Crippen molar-refractivity contribution in [3.63, 3.8) is 0 Å². The number of anilines is 3. The van der Waals surface area contributed by atoms with Crippen LogP contribution in [0.15, 0.2) is 36.5 Å². The molecule has 9 nitrogen and oxygen atoms in total. The third-order valence-corrected chi connectivity index (χ3v) is 7.18. The first-order valence-electron chi connectivity index (χ1n) is 11.9. The molecule has 3 fully saturated rings. The van der Waals surface area contributed by atoms with Crippen molar-refractivity contribution < 1.29 is 14.7 Å². The Bertz CT molecular complexity index is 1120. The van der Waals surface area contributed by atoms with Crippen molar-refractivity contribution >= 4 is 29.3 Å². The maximum Gasteiger partial charge on any atom is 0.251 e. The van der Waals surface area contributed by atoms with Crippen molar-refractivity contribution in [1.82, 2.24) is 15.3 Å². The lowest BCUT2D eigenvalue weighted by atomic mass is 9.83. The molecule has 2 aromatic rings. The highest BCUT2D eigenvalue weighted by Gasteiger charge is 2.57. The van der Waals surface area contributed by atoms with E-state index in [1.165, 1.54) is 0 Å². The molecule has 34 heavy (non-hydrogen) atoms. The summed E-state index contributed by atoms with van der Waals surface area (Å²) in [5, 5.41) is 25.5. The van der Waals surface area contributed by atoms with Crippen molar-refractivity contribution in [2.45, 2.75) is 57.1 Å². The molecule has 2 amide bonds. The summed E-state index contributed by atoms with van der Waals surface area (Å²) in [5.74, 6) is 0.688. The molecule has 0 unspecified atom stereocenters. The van der Waals surface area contributed by atoms with Gasteiger partial charge < -0.3 is 15.7 Å². The zero-order valence-corrected chi connectivity index (χ0v) is 18.9. The van der Waals surface area contributed by atoms with E-state index in [4.69, 9.17) is 0 Å². The Kier molecular flexibility index (Phi) is 5.92. The molecule has 1 aliphatic heterocycles. The fourth-order valence-corrected chi connectivity index (χ4v) is 4.99. The monoisotopic (exact) mass is 460 g/mol. The number of nitrogens with one attached hydrogen (secondary N) is 2. The van der Waals surface area contributed by atoms with Gasteiger partial charge in [-0.25, -0.2) is 4.98 Å². The molecule has 0 bridgehead atoms. The molecule has 2 saturated carbocycles. The van der Waals surface area contributed by atoms with Crippen LogP contribution in [0.4, 0.5) is 17.5 Å². The van der Waals surface area contributed by atoms with Crippen molar-refractivity contribution in [2.75, 3.05) is 16.8 Å². The highest BCUT2D eigenvalue weighted by molar-refractivity contribution is 6.01. The summed E-state index contributed by atoms with van der Waals surface area (Å²) in [6.45, 7) is 0.475. The van der Waals surface area contributed by atoms with Crippen LogP contribution < -0.4 is 15.5 Å². The molecule has 0 spiro atoms. The van der Waals surface area contributed by atoms with Crippen LogP contribution in [0, 0.1) is 22.7 Å². The summed E-state index contributed by atoms with van der Waals surface area (Å²) >= 11 is 0. The molecule has 3 aliphatic rings. The second-order valence-electron chi connectivity index (χ2n) is 9.48. The normalized spacial score (nSPS) is 26.7. The van der Waals surface area contributed by atoms with Gasteiger partial charge >= 0.3 is 0 Å². The minimum Gasteiger partial charge on any atom is -0.393 e. The number of carbonyl (C=O) groups excluding carboxylic acids is 2. The zero-order valence-electron chi connectivity index (χ0n) is 18.9. The van der Waals surface area contributed by atoms with Gasteiger partial charge in [-0.3, -0.25) is 14.5 Å². The number of amides is 2. The van der Waals surface area contributed by atoms with Crippen molar-refractivity contribution in [3.05, 3.63) is 42.1 Å². The highest BCUT2D eigenvalue weighted by atomic mass is 16.3. The fourth-order valence-electron chi connectivity index (χ4n) is 4.99. The Labute approximate surface area is 198 Å². The Morgan fingerprint density at radius 2 is 1.85 bits per heavy atom. The van der Waals surface area contributed by atoms with E-state index >= 15 is 0 Å². The van der Waals surface area contributed by atoms with Crippen LogP contribution in [-0.4, -0.2) is 45.6 Å². The smallest absolute Gasteiger partial charge is 0.251 e. The van der Waals surface area contributed by atoms with Crippen LogP contribution in [0.3, 0.4) is 0 Å². The Morgan fingerprint density at radius 3 is 2.53 bits per heavy atom. The van der Waals surface area contributed by atoms with E-state index in [1.807, 2.05) is 0 Å². The quantitative estimate of drug-likeness (QED) is 0.604. The van der Waals surface area contributed by atoms with Crippen molar-refractivity contribution in [1.29, 1.82) is 5.26 Å². The lowest BCUT2D eigenvalue weighted by Crippen LogP contribution is -2.38. The van der Waals surface area contributed by atoms with Gasteiger partial charge in [-0.15, -0.1) is 0 Å². The number of aromatic nitrogens is 2. The van der Waals surface area contributed by atoms with Crippen LogP contribution in [0.5, 0.6) is 0 Å². The Balaban J connectivity index is 1.22. The second kappa shape index (κ2) is 9.03. The van der Waals surface area contributed by atoms with Crippen LogP contribution >= 0.6 is 0 Å². The average Bonchev–Trinajstić information content (AvgIpc) is 3.65. The lowest BCUT2D eigenvalue weighted by Gasteiger charge is -2.26. The standard InChI is InChI=1S/C25H28N6O3/c26-15-25(17-3-4-17)12-14-31(23(25)34)21-11-13-27-24(30-21)29-19-5-1-16(2-6-19)22(33)28-18-7-9-20(32)10-8-18/h1-2,5-6,11,13,17-18,20,32H,3-4,7-10,12,14H2,(H,28,33)(H,27,29,30)/t18?,20?,25-/m1/s1. The van der Waals surface area contributed by atoms with E-state index in [2.05, 4.69) is 26.7 Å². The van der Waals surface area contributed by atoms with Gasteiger partial charge in [0.2, 0.25) is 11.9 Å². The minimum absolute atomic E-state index is 0.0952. The Morgan fingerprint density at radius 1 is 1.12 bits per heavy atom. The maximum atomic E-state index is 13.0. The molecular weight excluding hydrogens is 432 g/mol. The summed E-state index contributed by atoms with van der Waals surface area (Å²) in [6, 6.07) is 11.1. The first-order chi connectivity index (χ1) is 16.5. The number of hydrogen-bond donors (Lipinski definition) is 3. The number of rotatable bonds is 6. The number of carbonyl (C=O) groups is 2. The predicted molar refractivity (Wildman–Crippen MR) is 125 cm³/mol. The largest absolute Gasteiger partial charge is 0.393 e. The molecule has 0 radical (unpaired) electrons. The maximum absolute atomic E-state index is 13.0. The van der Waals surface area contributed by atoms with E-state index in [1.54, 1.807) is 41.4 Å². The first-order valence-corrected chi connectivity index (χ1v) is 11.9. The summed E-state index contributed by atoms with van der Waals surface area (Å²) in [5.41, 5.74) is 0.361. The predicted octanol–water partition coefficient (Wildman–Crippen LogP) is 2.91. The molecule has 1 aromatic carbocycles. The van der Waals surface area contributed by atoms with Crippen LogP contribution in [0.1, 0.15) is 55.3 Å². The number of hydrogen-bond acceptors (Lipinski definition) is 7. The van der Waals surface area contributed by atoms with Gasteiger partial charge in [0.05, 0.1) is 12.2 Å². The molecular formula is C25H28N6O3. The summed E-state index contributed by atoms with van der Waals surface area (Å²) in [4.78, 5) is 35.9. The molecule has 3 N–H and O–H groups in total. The van der Waals surface area contributed by atoms with Gasteiger partial charge in [0, 0.05) is 30.0 Å². The van der Waals surface area contributed by atoms with E-state index in [-0.39, 0.29) is 29.9 Å². The highest BCUT2D eigenvalue weighted by Crippen LogP contribution is 2.51. The number of benzene rings is 1. The van der Waals surface area contributed by atoms with E-state index in [0.29, 0.717) is 48.8 Å². The fraction of sp³-hybridized carbons (Fsp3) is 0.480. The molecule has 2 heterocycles. The molecule has 1 aromatic heterocycles. The topological polar surface area (TPSA) is 131 Å². The van der Waals surface area contributed by atoms with Crippen LogP contribution in [-0.2, 0) is 4.79 Å². The number of nitriles is 1. The first kappa shape index (κ1) is 22.3. The summed E-state index contributed by atoms with van der Waals surface area (Å²) < 4.78 is 0. The van der Waals surface area contributed by atoms with Crippen LogP contribution in [0.25, 0.3) is 0 Å². The Hall–Kier alpha value is -3.51. The average molecular weight is 461 g/mol. The SMILES string of the molecule is N#C[C@@]1(C2CC2)CCN(c2ccnc(Nc3ccc(C(=O)NC4CCC(O)CC4)cc3)n2)C1=O. The van der Waals surface area contributed by atoms with Crippen molar-refractivity contribution in [2.24, 2.45) is 11.3 Å². The van der Waals surface area contributed by atoms with Gasteiger partial charge in [-0.05, 0) is 81.2 Å². The van der Waals surface area contributed by atoms with E-state index in [0.717, 1.165) is 25.7 Å². The lowest BCUT2D eigenvalue weighted by molar-refractivity contribution is -0.123. The van der Waals surface area contributed by atoms with Crippen LogP contribution in [0.2, 0.25) is 0 Å². The molecule has 5 rings (SSSR count). The summed E-state index contributed by atoms with van der Waals surface area (Å²) in [6.07, 6.45) is 6.74. The molecule has 2 aliphatic carbocycles. The van der Waals surface area contributed by atoms with E-state index in [9.17, 15) is 20.0 Å². The third kappa shape index (κ3) is 4.33. The number of nitrogens with zero attached hydrogens (tertiary/aromatic N) is 4. The molecule has 1 atom stereocenters. The number of aliphatic hydroxyl groups is 1. The molecule has 176 valence electrons. The third-order valence-electron chi connectivity index (χ3n) is 7.18. The minimum atomic E-state index is -0.910. The summed E-state index contributed by atoms with van der Waals surface area (Å²) in [7, 11) is 0. The van der Waals surface area contributed by atoms with Gasteiger partial charge in [0.25, 0.3) is 5.91 Å². The second-order valence-corrected chi connectivity index (χ2v) is 9.48. The van der Waals surface area contributed by atoms with E-state index < -0.39 is 5.41 Å². The van der Waals surface area contributed by atoms with Gasteiger partial charge in [-0.2, -0.15) is 10.2 Å².